The minimum absolute atomic E-state index is 0.244. The second-order valence-electron chi connectivity index (χ2n) is 2.93. The van der Waals surface area contributed by atoms with Gasteiger partial charge in [-0.1, -0.05) is 6.92 Å². The molecule has 12 heavy (non-hydrogen) atoms. The summed E-state index contributed by atoms with van der Waals surface area (Å²) in [5.41, 5.74) is 12.8. The van der Waals surface area contributed by atoms with Crippen molar-refractivity contribution in [1.29, 1.82) is 0 Å². The summed E-state index contributed by atoms with van der Waals surface area (Å²) in [6, 6.07) is 1.91. The third-order valence-corrected chi connectivity index (χ3v) is 1.75. The lowest BCUT2D eigenvalue weighted by molar-refractivity contribution is 0.740. The Bertz CT molecular complexity index is 252. The van der Waals surface area contributed by atoms with Crippen molar-refractivity contribution < 1.29 is 0 Å². The van der Waals surface area contributed by atoms with Crippen LogP contribution >= 0.6 is 0 Å². The van der Waals surface area contributed by atoms with Crippen LogP contribution < -0.4 is 11.5 Å². The van der Waals surface area contributed by atoms with Crippen LogP contribution in [0.2, 0.25) is 0 Å². The standard InChI is InChI=1S/C8H14N4/c1-5(4-9)7-3-6(2)11-8(10)12-7/h3,5H,4,9H2,1-2H3,(H2,10,11,12). The molecule has 1 aromatic rings. The van der Waals surface area contributed by atoms with Crippen LogP contribution in [0.25, 0.3) is 0 Å². The van der Waals surface area contributed by atoms with Gasteiger partial charge in [0.15, 0.2) is 0 Å². The molecule has 0 saturated carbocycles. The molecule has 0 aliphatic carbocycles. The molecular formula is C8H14N4. The molecule has 0 spiro atoms. The van der Waals surface area contributed by atoms with E-state index in [1.165, 1.54) is 0 Å². The lowest BCUT2D eigenvalue weighted by atomic mass is 10.1. The Morgan fingerprint density at radius 3 is 2.67 bits per heavy atom. The van der Waals surface area contributed by atoms with E-state index in [0.29, 0.717) is 12.5 Å². The highest BCUT2D eigenvalue weighted by atomic mass is 15.0. The molecule has 1 rings (SSSR count). The molecule has 0 radical (unpaired) electrons. The molecular weight excluding hydrogens is 152 g/mol. The highest BCUT2D eigenvalue weighted by Gasteiger charge is 2.06. The summed E-state index contributed by atoms with van der Waals surface area (Å²) < 4.78 is 0. The van der Waals surface area contributed by atoms with Gasteiger partial charge >= 0.3 is 0 Å². The molecule has 1 atom stereocenters. The number of anilines is 1. The zero-order valence-corrected chi connectivity index (χ0v) is 7.41. The van der Waals surface area contributed by atoms with Gasteiger partial charge in [0.05, 0.1) is 5.69 Å². The van der Waals surface area contributed by atoms with E-state index in [4.69, 9.17) is 11.5 Å². The summed E-state index contributed by atoms with van der Waals surface area (Å²) in [5.74, 6) is 0.569. The maximum atomic E-state index is 5.50. The van der Waals surface area contributed by atoms with Gasteiger partial charge in [-0.25, -0.2) is 9.97 Å². The summed E-state index contributed by atoms with van der Waals surface area (Å²) >= 11 is 0. The van der Waals surface area contributed by atoms with Crippen molar-refractivity contribution in [3.05, 3.63) is 17.5 Å². The predicted molar refractivity (Wildman–Crippen MR) is 48.7 cm³/mol. The molecule has 0 aliphatic heterocycles. The smallest absolute Gasteiger partial charge is 0.220 e. The molecule has 4 nitrogen and oxygen atoms in total. The molecule has 0 saturated heterocycles. The first-order chi connectivity index (χ1) is 5.63. The number of nitrogen functional groups attached to an aromatic ring is 1. The van der Waals surface area contributed by atoms with Crippen LogP contribution in [0.15, 0.2) is 6.07 Å². The van der Waals surface area contributed by atoms with E-state index < -0.39 is 0 Å². The van der Waals surface area contributed by atoms with Crippen molar-refractivity contribution in [2.24, 2.45) is 5.73 Å². The Morgan fingerprint density at radius 2 is 2.17 bits per heavy atom. The van der Waals surface area contributed by atoms with E-state index in [9.17, 15) is 0 Å². The summed E-state index contributed by atoms with van der Waals surface area (Å²) in [7, 11) is 0. The van der Waals surface area contributed by atoms with Crippen LogP contribution in [-0.2, 0) is 0 Å². The molecule has 1 heterocycles. The van der Waals surface area contributed by atoms with Gasteiger partial charge in [0.2, 0.25) is 5.95 Å². The molecule has 0 fully saturated rings. The first-order valence-corrected chi connectivity index (χ1v) is 3.94. The van der Waals surface area contributed by atoms with E-state index in [0.717, 1.165) is 11.4 Å². The van der Waals surface area contributed by atoms with E-state index in [1.807, 2.05) is 19.9 Å². The van der Waals surface area contributed by atoms with Crippen molar-refractivity contribution in [2.45, 2.75) is 19.8 Å². The van der Waals surface area contributed by atoms with Crippen molar-refractivity contribution in [1.82, 2.24) is 9.97 Å². The molecule has 4 heteroatoms. The summed E-state index contributed by atoms with van der Waals surface area (Å²) in [6.07, 6.45) is 0. The molecule has 1 unspecified atom stereocenters. The molecule has 66 valence electrons. The lowest BCUT2D eigenvalue weighted by Gasteiger charge is -2.08. The Hall–Kier alpha value is -1.16. The minimum Gasteiger partial charge on any atom is -0.368 e. The third kappa shape index (κ3) is 1.92. The minimum atomic E-state index is 0.244. The number of nitrogens with zero attached hydrogens (tertiary/aromatic N) is 2. The average molecular weight is 166 g/mol. The Morgan fingerprint density at radius 1 is 1.50 bits per heavy atom. The number of nitrogens with two attached hydrogens (primary N) is 2. The van der Waals surface area contributed by atoms with Gasteiger partial charge in [-0.3, -0.25) is 0 Å². The summed E-state index contributed by atoms with van der Waals surface area (Å²) in [5, 5.41) is 0. The first-order valence-electron chi connectivity index (χ1n) is 3.94. The zero-order valence-electron chi connectivity index (χ0n) is 7.41. The van der Waals surface area contributed by atoms with Gasteiger partial charge in [-0.2, -0.15) is 0 Å². The lowest BCUT2D eigenvalue weighted by Crippen LogP contribution is -2.12. The molecule has 0 aromatic carbocycles. The highest BCUT2D eigenvalue weighted by molar-refractivity contribution is 5.23. The normalized spacial score (nSPS) is 12.9. The topological polar surface area (TPSA) is 77.8 Å². The van der Waals surface area contributed by atoms with Gasteiger partial charge in [0.1, 0.15) is 0 Å². The van der Waals surface area contributed by atoms with Gasteiger partial charge < -0.3 is 11.5 Å². The molecule has 0 bridgehead atoms. The van der Waals surface area contributed by atoms with Crippen LogP contribution in [0.5, 0.6) is 0 Å². The number of rotatable bonds is 2. The van der Waals surface area contributed by atoms with Crippen molar-refractivity contribution in [2.75, 3.05) is 12.3 Å². The fourth-order valence-corrected chi connectivity index (χ4v) is 0.990. The summed E-state index contributed by atoms with van der Waals surface area (Å²) in [4.78, 5) is 8.07. The van der Waals surface area contributed by atoms with Gasteiger partial charge in [-0.05, 0) is 13.0 Å². The Balaban J connectivity index is 3.00. The van der Waals surface area contributed by atoms with Crippen LogP contribution in [-0.4, -0.2) is 16.5 Å². The number of aromatic nitrogens is 2. The molecule has 1 aromatic heterocycles. The number of hydrogen-bond acceptors (Lipinski definition) is 4. The van der Waals surface area contributed by atoms with E-state index in [2.05, 4.69) is 9.97 Å². The Kier molecular flexibility index (Phi) is 2.60. The first kappa shape index (κ1) is 8.93. The van der Waals surface area contributed by atoms with E-state index in [-0.39, 0.29) is 5.92 Å². The quantitative estimate of drug-likeness (QED) is 0.667. The van der Waals surface area contributed by atoms with Crippen molar-refractivity contribution in [3.63, 3.8) is 0 Å². The van der Waals surface area contributed by atoms with Gasteiger partial charge in [0, 0.05) is 18.2 Å². The van der Waals surface area contributed by atoms with Crippen LogP contribution in [0.4, 0.5) is 5.95 Å². The second kappa shape index (κ2) is 3.49. The molecule has 4 N–H and O–H groups in total. The van der Waals surface area contributed by atoms with Crippen LogP contribution in [0, 0.1) is 6.92 Å². The maximum absolute atomic E-state index is 5.50. The van der Waals surface area contributed by atoms with Crippen molar-refractivity contribution >= 4 is 5.95 Å². The second-order valence-corrected chi connectivity index (χ2v) is 2.93. The van der Waals surface area contributed by atoms with Crippen LogP contribution in [0.3, 0.4) is 0 Å². The van der Waals surface area contributed by atoms with E-state index >= 15 is 0 Å². The van der Waals surface area contributed by atoms with Crippen molar-refractivity contribution in [3.8, 4) is 0 Å². The SMILES string of the molecule is Cc1cc(C(C)CN)nc(N)n1. The fourth-order valence-electron chi connectivity index (χ4n) is 0.990. The summed E-state index contributed by atoms with van der Waals surface area (Å²) in [6.45, 7) is 4.49. The number of aryl methyl sites for hydroxylation is 1. The van der Waals surface area contributed by atoms with Gasteiger partial charge in [0.25, 0.3) is 0 Å². The predicted octanol–water partition coefficient (Wildman–Crippen LogP) is 0.429. The molecule has 0 aliphatic rings. The van der Waals surface area contributed by atoms with Crippen LogP contribution in [0.1, 0.15) is 24.2 Å². The maximum Gasteiger partial charge on any atom is 0.220 e. The third-order valence-electron chi connectivity index (χ3n) is 1.75. The average Bonchev–Trinajstić information content (AvgIpc) is 2.01. The van der Waals surface area contributed by atoms with E-state index in [1.54, 1.807) is 0 Å². The fraction of sp³-hybridized carbons (Fsp3) is 0.500. The number of hydrogen-bond donors (Lipinski definition) is 2. The Labute approximate surface area is 72.0 Å². The largest absolute Gasteiger partial charge is 0.368 e. The highest BCUT2D eigenvalue weighted by Crippen LogP contribution is 2.12. The molecule has 0 amide bonds. The monoisotopic (exact) mass is 166 g/mol. The zero-order chi connectivity index (χ0) is 9.14. The van der Waals surface area contributed by atoms with Gasteiger partial charge in [-0.15, -0.1) is 0 Å².